The Morgan fingerprint density at radius 1 is 1.40 bits per heavy atom. The smallest absolute Gasteiger partial charge is 0.318 e. The molecule has 15 heavy (non-hydrogen) atoms. The zero-order valence-electron chi connectivity index (χ0n) is 8.62. The molecular formula is C9H17N3O3. The lowest BCUT2D eigenvalue weighted by Gasteiger charge is -2.22. The molecule has 1 heterocycles. The van der Waals surface area contributed by atoms with Gasteiger partial charge in [-0.05, 0) is 25.9 Å². The Bertz CT molecular complexity index is 227. The highest BCUT2D eigenvalue weighted by Gasteiger charge is 2.13. The maximum absolute atomic E-state index is 11.0. The van der Waals surface area contributed by atoms with Crippen molar-refractivity contribution in [3.63, 3.8) is 0 Å². The molecule has 3 amide bonds. The quantitative estimate of drug-likeness (QED) is 0.580. The van der Waals surface area contributed by atoms with Crippen LogP contribution in [0.4, 0.5) is 4.79 Å². The summed E-state index contributed by atoms with van der Waals surface area (Å²) >= 11 is 0. The summed E-state index contributed by atoms with van der Waals surface area (Å²) in [6.07, 6.45) is 2.34. The average molecular weight is 215 g/mol. The molecule has 0 spiro atoms. The molecule has 0 atom stereocenters. The molecule has 0 saturated carbocycles. The Kier molecular flexibility index (Phi) is 5.06. The van der Waals surface area contributed by atoms with E-state index in [1.165, 1.54) is 0 Å². The van der Waals surface area contributed by atoms with Gasteiger partial charge in [0.05, 0.1) is 19.1 Å². The number of nitrogens with one attached hydrogen (secondary N) is 2. The van der Waals surface area contributed by atoms with Crippen LogP contribution in [0.2, 0.25) is 0 Å². The van der Waals surface area contributed by atoms with E-state index in [0.29, 0.717) is 6.61 Å². The number of rotatable bonds is 4. The second-order valence-electron chi connectivity index (χ2n) is 3.48. The summed E-state index contributed by atoms with van der Waals surface area (Å²) in [6.45, 7) is 2.25. The maximum atomic E-state index is 11.0. The van der Waals surface area contributed by atoms with E-state index >= 15 is 0 Å². The first-order valence-corrected chi connectivity index (χ1v) is 5.10. The number of carbonyl (C=O) groups is 2. The molecule has 86 valence electrons. The predicted molar refractivity (Wildman–Crippen MR) is 54.2 cm³/mol. The van der Waals surface area contributed by atoms with Gasteiger partial charge < -0.3 is 15.8 Å². The third-order valence-corrected chi connectivity index (χ3v) is 2.23. The van der Waals surface area contributed by atoms with Crippen LogP contribution in [0.15, 0.2) is 0 Å². The van der Waals surface area contributed by atoms with Gasteiger partial charge in [-0.1, -0.05) is 0 Å². The molecule has 1 rings (SSSR count). The van der Waals surface area contributed by atoms with Crippen LogP contribution in [0.5, 0.6) is 0 Å². The number of urea groups is 1. The van der Waals surface area contributed by atoms with Crippen molar-refractivity contribution in [2.75, 3.05) is 19.7 Å². The molecule has 6 heteroatoms. The standard InChI is InChI=1S/C9H17N3O3/c10-9(14)12-8(13)3-6-15-7-1-4-11-5-2-7/h7,11H,1-6H2,(H3,10,12,13,14). The lowest BCUT2D eigenvalue weighted by Crippen LogP contribution is -2.36. The van der Waals surface area contributed by atoms with Crippen molar-refractivity contribution in [2.24, 2.45) is 5.73 Å². The van der Waals surface area contributed by atoms with Gasteiger partial charge in [0, 0.05) is 0 Å². The number of imide groups is 1. The highest BCUT2D eigenvalue weighted by atomic mass is 16.5. The van der Waals surface area contributed by atoms with Crippen molar-refractivity contribution in [2.45, 2.75) is 25.4 Å². The minimum Gasteiger partial charge on any atom is -0.378 e. The van der Waals surface area contributed by atoms with Gasteiger partial charge in [0.2, 0.25) is 5.91 Å². The summed E-state index contributed by atoms with van der Waals surface area (Å²) in [5.74, 6) is -0.392. The summed E-state index contributed by atoms with van der Waals surface area (Å²) in [5, 5.41) is 5.21. The third-order valence-electron chi connectivity index (χ3n) is 2.23. The van der Waals surface area contributed by atoms with E-state index in [4.69, 9.17) is 10.5 Å². The minimum atomic E-state index is -0.818. The fraction of sp³-hybridized carbons (Fsp3) is 0.778. The molecular weight excluding hydrogens is 198 g/mol. The number of piperidine rings is 1. The fourth-order valence-corrected chi connectivity index (χ4v) is 1.48. The summed E-state index contributed by atoms with van der Waals surface area (Å²) in [6, 6.07) is -0.818. The summed E-state index contributed by atoms with van der Waals surface area (Å²) in [5.41, 5.74) is 4.79. The van der Waals surface area contributed by atoms with E-state index in [0.717, 1.165) is 25.9 Å². The third kappa shape index (κ3) is 5.34. The first-order chi connectivity index (χ1) is 7.18. The average Bonchev–Trinajstić information content (AvgIpc) is 2.18. The first kappa shape index (κ1) is 11.9. The summed E-state index contributed by atoms with van der Waals surface area (Å²) in [7, 11) is 0. The Hall–Kier alpha value is -1.14. The van der Waals surface area contributed by atoms with E-state index in [1.807, 2.05) is 5.32 Å². The predicted octanol–water partition coefficient (Wildman–Crippen LogP) is -0.660. The Balaban J connectivity index is 2.04. The Morgan fingerprint density at radius 3 is 2.67 bits per heavy atom. The van der Waals surface area contributed by atoms with Crippen LogP contribution >= 0.6 is 0 Å². The SMILES string of the molecule is NC(=O)NC(=O)CCOC1CCNCC1. The topological polar surface area (TPSA) is 93.5 Å². The highest BCUT2D eigenvalue weighted by Crippen LogP contribution is 2.07. The van der Waals surface area contributed by atoms with Gasteiger partial charge in [-0.25, -0.2) is 4.79 Å². The Labute approximate surface area is 88.5 Å². The number of hydrogen-bond donors (Lipinski definition) is 3. The molecule has 0 aliphatic carbocycles. The van der Waals surface area contributed by atoms with Crippen molar-refractivity contribution in [3.8, 4) is 0 Å². The molecule has 0 unspecified atom stereocenters. The first-order valence-electron chi connectivity index (χ1n) is 5.10. The number of nitrogens with two attached hydrogens (primary N) is 1. The lowest BCUT2D eigenvalue weighted by atomic mass is 10.1. The molecule has 0 aromatic rings. The molecule has 0 radical (unpaired) electrons. The minimum absolute atomic E-state index is 0.173. The zero-order valence-corrected chi connectivity index (χ0v) is 8.62. The second-order valence-corrected chi connectivity index (χ2v) is 3.48. The van der Waals surface area contributed by atoms with Gasteiger partial charge in [0.1, 0.15) is 0 Å². The van der Waals surface area contributed by atoms with Crippen molar-refractivity contribution in [1.82, 2.24) is 10.6 Å². The van der Waals surface area contributed by atoms with Crippen molar-refractivity contribution >= 4 is 11.9 Å². The van der Waals surface area contributed by atoms with Crippen molar-refractivity contribution in [3.05, 3.63) is 0 Å². The number of hydrogen-bond acceptors (Lipinski definition) is 4. The van der Waals surface area contributed by atoms with E-state index in [2.05, 4.69) is 5.32 Å². The zero-order chi connectivity index (χ0) is 11.1. The molecule has 1 aliphatic heterocycles. The largest absolute Gasteiger partial charge is 0.378 e. The molecule has 0 aromatic carbocycles. The molecule has 4 N–H and O–H groups in total. The summed E-state index contributed by atoms with van der Waals surface area (Å²) in [4.78, 5) is 21.3. The monoisotopic (exact) mass is 215 g/mol. The van der Waals surface area contributed by atoms with Gasteiger partial charge in [0.25, 0.3) is 0 Å². The van der Waals surface area contributed by atoms with Gasteiger partial charge in [-0.3, -0.25) is 10.1 Å². The fourth-order valence-electron chi connectivity index (χ4n) is 1.48. The number of ether oxygens (including phenoxy) is 1. The van der Waals surface area contributed by atoms with Crippen LogP contribution < -0.4 is 16.4 Å². The molecule has 0 aromatic heterocycles. The number of amides is 3. The Morgan fingerprint density at radius 2 is 2.07 bits per heavy atom. The van der Waals surface area contributed by atoms with Crippen LogP contribution in [-0.4, -0.2) is 37.7 Å². The van der Waals surface area contributed by atoms with Crippen LogP contribution in [0.1, 0.15) is 19.3 Å². The lowest BCUT2D eigenvalue weighted by molar-refractivity contribution is -0.121. The number of carbonyl (C=O) groups excluding carboxylic acids is 2. The van der Waals surface area contributed by atoms with Crippen molar-refractivity contribution in [1.29, 1.82) is 0 Å². The van der Waals surface area contributed by atoms with Gasteiger partial charge in [0.15, 0.2) is 0 Å². The van der Waals surface area contributed by atoms with E-state index < -0.39 is 11.9 Å². The van der Waals surface area contributed by atoms with Gasteiger partial charge in [-0.15, -0.1) is 0 Å². The normalized spacial score (nSPS) is 17.3. The van der Waals surface area contributed by atoms with Crippen LogP contribution in [0.25, 0.3) is 0 Å². The molecule has 0 bridgehead atoms. The highest BCUT2D eigenvalue weighted by molar-refractivity contribution is 5.93. The van der Waals surface area contributed by atoms with Gasteiger partial charge >= 0.3 is 6.03 Å². The van der Waals surface area contributed by atoms with Crippen LogP contribution in [-0.2, 0) is 9.53 Å². The molecule has 1 saturated heterocycles. The second kappa shape index (κ2) is 6.36. The van der Waals surface area contributed by atoms with E-state index in [-0.39, 0.29) is 12.5 Å². The van der Waals surface area contributed by atoms with Crippen LogP contribution in [0, 0.1) is 0 Å². The molecule has 6 nitrogen and oxygen atoms in total. The molecule has 1 aliphatic rings. The van der Waals surface area contributed by atoms with Gasteiger partial charge in [-0.2, -0.15) is 0 Å². The molecule has 1 fully saturated rings. The van der Waals surface area contributed by atoms with Crippen LogP contribution in [0.3, 0.4) is 0 Å². The van der Waals surface area contributed by atoms with E-state index in [1.54, 1.807) is 0 Å². The van der Waals surface area contributed by atoms with Crippen molar-refractivity contribution < 1.29 is 14.3 Å². The van der Waals surface area contributed by atoms with E-state index in [9.17, 15) is 9.59 Å². The summed E-state index contributed by atoms with van der Waals surface area (Å²) < 4.78 is 5.48. The number of primary amides is 1. The maximum Gasteiger partial charge on any atom is 0.318 e.